The number of rotatable bonds is 6. The molecule has 0 aliphatic carbocycles. The standard InChI is InChI=1S/C23H23BrO2/c1-3-17-13-21(24)18(4-2)12-20(17)19-10-11-23(22(25)14-19)26-15-16-8-6-5-7-9-16/h5-14,25H,3-4,15H2,1-2H3. The number of ether oxygens (including phenoxy) is 1. The Morgan fingerprint density at radius 1 is 0.885 bits per heavy atom. The van der Waals surface area contributed by atoms with E-state index in [0.717, 1.165) is 34.0 Å². The Morgan fingerprint density at radius 2 is 1.62 bits per heavy atom. The van der Waals surface area contributed by atoms with Crippen molar-refractivity contribution in [3.8, 4) is 22.6 Å². The first kappa shape index (κ1) is 18.5. The Hall–Kier alpha value is -2.26. The molecular weight excluding hydrogens is 388 g/mol. The highest BCUT2D eigenvalue weighted by molar-refractivity contribution is 9.10. The Labute approximate surface area is 163 Å². The van der Waals surface area contributed by atoms with Crippen molar-refractivity contribution in [1.82, 2.24) is 0 Å². The SMILES string of the molecule is CCc1cc(-c2ccc(OCc3ccccc3)c(O)c2)c(CC)cc1Br. The highest BCUT2D eigenvalue weighted by atomic mass is 79.9. The first-order valence-corrected chi connectivity index (χ1v) is 9.73. The van der Waals surface area contributed by atoms with Crippen LogP contribution in [0.3, 0.4) is 0 Å². The van der Waals surface area contributed by atoms with Gasteiger partial charge >= 0.3 is 0 Å². The van der Waals surface area contributed by atoms with Crippen molar-refractivity contribution in [2.45, 2.75) is 33.3 Å². The Morgan fingerprint density at radius 3 is 2.27 bits per heavy atom. The number of phenols is 1. The van der Waals surface area contributed by atoms with Crippen molar-refractivity contribution >= 4 is 15.9 Å². The second-order valence-electron chi connectivity index (χ2n) is 6.26. The fraction of sp³-hybridized carbons (Fsp3) is 0.217. The largest absolute Gasteiger partial charge is 0.504 e. The molecule has 0 fully saturated rings. The molecule has 1 N–H and O–H groups in total. The average Bonchev–Trinajstić information content (AvgIpc) is 2.67. The van der Waals surface area contributed by atoms with E-state index >= 15 is 0 Å². The van der Waals surface area contributed by atoms with Gasteiger partial charge in [-0.05, 0) is 64.9 Å². The molecule has 0 amide bonds. The summed E-state index contributed by atoms with van der Waals surface area (Å²) in [6.45, 7) is 4.73. The topological polar surface area (TPSA) is 29.5 Å². The molecule has 3 heteroatoms. The van der Waals surface area contributed by atoms with E-state index in [1.807, 2.05) is 42.5 Å². The molecule has 0 unspecified atom stereocenters. The van der Waals surface area contributed by atoms with Crippen molar-refractivity contribution in [1.29, 1.82) is 0 Å². The van der Waals surface area contributed by atoms with Gasteiger partial charge in [-0.25, -0.2) is 0 Å². The van der Waals surface area contributed by atoms with Crippen molar-refractivity contribution in [3.05, 3.63) is 81.8 Å². The van der Waals surface area contributed by atoms with Crippen LogP contribution in [0.15, 0.2) is 65.1 Å². The molecule has 134 valence electrons. The van der Waals surface area contributed by atoms with Gasteiger partial charge < -0.3 is 9.84 Å². The molecule has 0 spiro atoms. The third kappa shape index (κ3) is 4.10. The molecule has 0 atom stereocenters. The lowest BCUT2D eigenvalue weighted by Crippen LogP contribution is -1.96. The van der Waals surface area contributed by atoms with E-state index < -0.39 is 0 Å². The molecule has 2 nitrogen and oxygen atoms in total. The number of aromatic hydroxyl groups is 1. The molecule has 0 aromatic heterocycles. The van der Waals surface area contributed by atoms with Gasteiger partial charge in [-0.1, -0.05) is 66.2 Å². The van der Waals surface area contributed by atoms with Crippen LogP contribution in [0.2, 0.25) is 0 Å². The third-order valence-electron chi connectivity index (χ3n) is 4.54. The Balaban J connectivity index is 1.87. The molecule has 0 bridgehead atoms. The minimum atomic E-state index is 0.168. The van der Waals surface area contributed by atoms with E-state index in [2.05, 4.69) is 41.9 Å². The third-order valence-corrected chi connectivity index (χ3v) is 5.28. The lowest BCUT2D eigenvalue weighted by Gasteiger charge is -2.14. The Bertz CT molecular complexity index is 888. The summed E-state index contributed by atoms with van der Waals surface area (Å²) in [5.74, 6) is 0.671. The second-order valence-corrected chi connectivity index (χ2v) is 7.12. The van der Waals surface area contributed by atoms with Crippen LogP contribution in [-0.4, -0.2) is 5.11 Å². The summed E-state index contributed by atoms with van der Waals surface area (Å²) in [5.41, 5.74) is 5.77. The predicted molar refractivity (Wildman–Crippen MR) is 111 cm³/mol. The summed E-state index contributed by atoms with van der Waals surface area (Å²) in [6.07, 6.45) is 1.90. The predicted octanol–water partition coefficient (Wildman–Crippen LogP) is 6.53. The first-order chi connectivity index (χ1) is 12.6. The molecule has 26 heavy (non-hydrogen) atoms. The van der Waals surface area contributed by atoms with Crippen LogP contribution in [0.1, 0.15) is 30.5 Å². The number of halogens is 1. The van der Waals surface area contributed by atoms with Gasteiger partial charge in [-0.15, -0.1) is 0 Å². The molecule has 0 radical (unpaired) electrons. The van der Waals surface area contributed by atoms with E-state index in [-0.39, 0.29) is 5.75 Å². The number of phenolic OH excluding ortho intramolecular Hbond substituents is 1. The number of benzene rings is 3. The summed E-state index contributed by atoms with van der Waals surface area (Å²) < 4.78 is 6.92. The maximum absolute atomic E-state index is 10.4. The summed E-state index contributed by atoms with van der Waals surface area (Å²) in [7, 11) is 0. The van der Waals surface area contributed by atoms with E-state index in [4.69, 9.17) is 4.74 Å². The molecule has 0 aliphatic heterocycles. The molecule has 0 saturated carbocycles. The van der Waals surface area contributed by atoms with Crippen LogP contribution in [0.5, 0.6) is 11.5 Å². The molecule has 3 aromatic rings. The van der Waals surface area contributed by atoms with Crippen molar-refractivity contribution < 1.29 is 9.84 Å². The van der Waals surface area contributed by atoms with Crippen LogP contribution in [0.25, 0.3) is 11.1 Å². The summed E-state index contributed by atoms with van der Waals surface area (Å²) in [4.78, 5) is 0. The summed E-state index contributed by atoms with van der Waals surface area (Å²) in [6, 6.07) is 20.0. The van der Waals surface area contributed by atoms with Gasteiger partial charge in [0.25, 0.3) is 0 Å². The monoisotopic (exact) mass is 410 g/mol. The smallest absolute Gasteiger partial charge is 0.161 e. The zero-order chi connectivity index (χ0) is 18.5. The summed E-state index contributed by atoms with van der Waals surface area (Å²) in [5, 5.41) is 10.4. The zero-order valence-electron chi connectivity index (χ0n) is 15.1. The lowest BCUT2D eigenvalue weighted by atomic mass is 9.95. The van der Waals surface area contributed by atoms with Crippen molar-refractivity contribution in [3.63, 3.8) is 0 Å². The van der Waals surface area contributed by atoms with Gasteiger partial charge in [-0.3, -0.25) is 0 Å². The second kappa shape index (κ2) is 8.41. The average molecular weight is 411 g/mol. The van der Waals surface area contributed by atoms with Gasteiger partial charge in [0.2, 0.25) is 0 Å². The molecule has 3 rings (SSSR count). The summed E-state index contributed by atoms with van der Waals surface area (Å²) >= 11 is 3.65. The van der Waals surface area contributed by atoms with Crippen LogP contribution >= 0.6 is 15.9 Å². The number of hydrogen-bond acceptors (Lipinski definition) is 2. The first-order valence-electron chi connectivity index (χ1n) is 8.93. The quantitative estimate of drug-likeness (QED) is 0.500. The normalized spacial score (nSPS) is 10.7. The zero-order valence-corrected chi connectivity index (χ0v) is 16.7. The minimum absolute atomic E-state index is 0.168. The highest BCUT2D eigenvalue weighted by Gasteiger charge is 2.11. The van der Waals surface area contributed by atoms with E-state index in [9.17, 15) is 5.11 Å². The van der Waals surface area contributed by atoms with Gasteiger partial charge in [0, 0.05) is 4.47 Å². The van der Waals surface area contributed by atoms with Crippen LogP contribution in [0, 0.1) is 0 Å². The highest BCUT2D eigenvalue weighted by Crippen LogP contribution is 2.36. The molecule has 0 aliphatic rings. The van der Waals surface area contributed by atoms with E-state index in [1.165, 1.54) is 11.1 Å². The van der Waals surface area contributed by atoms with Gasteiger partial charge in [0.1, 0.15) is 6.61 Å². The van der Waals surface area contributed by atoms with Gasteiger partial charge in [0.05, 0.1) is 0 Å². The van der Waals surface area contributed by atoms with Gasteiger partial charge in [-0.2, -0.15) is 0 Å². The van der Waals surface area contributed by atoms with E-state index in [1.54, 1.807) is 6.07 Å². The molecule has 0 saturated heterocycles. The van der Waals surface area contributed by atoms with Crippen LogP contribution < -0.4 is 4.74 Å². The lowest BCUT2D eigenvalue weighted by molar-refractivity contribution is 0.289. The van der Waals surface area contributed by atoms with Crippen molar-refractivity contribution in [2.24, 2.45) is 0 Å². The molecule has 0 heterocycles. The molecular formula is C23H23BrO2. The van der Waals surface area contributed by atoms with E-state index in [0.29, 0.717) is 12.4 Å². The number of hydrogen-bond donors (Lipinski definition) is 1. The maximum atomic E-state index is 10.4. The Kier molecular flexibility index (Phi) is 6.00. The van der Waals surface area contributed by atoms with Crippen LogP contribution in [0.4, 0.5) is 0 Å². The van der Waals surface area contributed by atoms with Crippen molar-refractivity contribution in [2.75, 3.05) is 0 Å². The fourth-order valence-electron chi connectivity index (χ4n) is 3.03. The molecule has 3 aromatic carbocycles. The fourth-order valence-corrected chi connectivity index (χ4v) is 3.70. The maximum Gasteiger partial charge on any atom is 0.161 e. The van der Waals surface area contributed by atoms with Gasteiger partial charge in [0.15, 0.2) is 11.5 Å². The minimum Gasteiger partial charge on any atom is -0.504 e. The van der Waals surface area contributed by atoms with Crippen LogP contribution in [-0.2, 0) is 19.4 Å². The number of aryl methyl sites for hydroxylation is 2.